The molecule has 2 aromatic carbocycles. The molecule has 2 aromatic heterocycles. The summed E-state index contributed by atoms with van der Waals surface area (Å²) in [4.78, 5) is 13.3. The topological polar surface area (TPSA) is 64.7 Å². The van der Waals surface area contributed by atoms with Gasteiger partial charge in [-0.05, 0) is 12.1 Å². The van der Waals surface area contributed by atoms with Crippen LogP contribution in [0.3, 0.4) is 0 Å². The summed E-state index contributed by atoms with van der Waals surface area (Å²) in [6.45, 7) is 0. The van der Waals surface area contributed by atoms with Crippen LogP contribution in [-0.2, 0) is 0 Å². The SMILES string of the molecule is Nc1cnc(-c2ccc3ncsc3c2)c(-c2ccccc2)n1. The highest BCUT2D eigenvalue weighted by atomic mass is 32.1. The molecule has 0 aliphatic carbocycles. The van der Waals surface area contributed by atoms with E-state index in [4.69, 9.17) is 5.73 Å². The smallest absolute Gasteiger partial charge is 0.142 e. The number of nitrogen functional groups attached to an aromatic ring is 1. The summed E-state index contributed by atoms with van der Waals surface area (Å²) in [5.74, 6) is 0.418. The molecular formula is C17H12N4S. The van der Waals surface area contributed by atoms with Crippen LogP contribution in [0, 0.1) is 0 Å². The maximum absolute atomic E-state index is 5.84. The van der Waals surface area contributed by atoms with Gasteiger partial charge in [0, 0.05) is 11.1 Å². The van der Waals surface area contributed by atoms with Crippen molar-refractivity contribution >= 4 is 27.4 Å². The van der Waals surface area contributed by atoms with E-state index in [1.54, 1.807) is 17.5 Å². The number of anilines is 1. The van der Waals surface area contributed by atoms with Gasteiger partial charge in [-0.25, -0.2) is 9.97 Å². The lowest BCUT2D eigenvalue weighted by Crippen LogP contribution is -1.98. The number of hydrogen-bond donors (Lipinski definition) is 1. The van der Waals surface area contributed by atoms with Crippen molar-refractivity contribution in [1.29, 1.82) is 0 Å². The Morgan fingerprint density at radius 2 is 1.73 bits per heavy atom. The minimum absolute atomic E-state index is 0.418. The van der Waals surface area contributed by atoms with Crippen LogP contribution in [-0.4, -0.2) is 15.0 Å². The molecule has 0 radical (unpaired) electrons. The summed E-state index contributed by atoms with van der Waals surface area (Å²) in [7, 11) is 0. The van der Waals surface area contributed by atoms with E-state index in [0.717, 1.165) is 32.7 Å². The molecule has 0 bridgehead atoms. The summed E-state index contributed by atoms with van der Waals surface area (Å²) in [6, 6.07) is 16.1. The largest absolute Gasteiger partial charge is 0.382 e. The lowest BCUT2D eigenvalue weighted by Gasteiger charge is -2.09. The number of thiazole rings is 1. The van der Waals surface area contributed by atoms with Crippen molar-refractivity contribution in [2.75, 3.05) is 5.73 Å². The van der Waals surface area contributed by atoms with E-state index in [-0.39, 0.29) is 0 Å². The first kappa shape index (κ1) is 12.9. The lowest BCUT2D eigenvalue weighted by atomic mass is 10.0. The Hall–Kier alpha value is -2.79. The Labute approximate surface area is 131 Å². The molecule has 2 N–H and O–H groups in total. The van der Waals surface area contributed by atoms with Crippen molar-refractivity contribution in [3.05, 3.63) is 60.2 Å². The van der Waals surface area contributed by atoms with Gasteiger partial charge >= 0.3 is 0 Å². The predicted molar refractivity (Wildman–Crippen MR) is 90.5 cm³/mol. The summed E-state index contributed by atoms with van der Waals surface area (Å²) in [6.07, 6.45) is 1.60. The van der Waals surface area contributed by atoms with Gasteiger partial charge < -0.3 is 5.73 Å². The molecule has 4 aromatic rings. The van der Waals surface area contributed by atoms with Gasteiger partial charge in [0.15, 0.2) is 0 Å². The minimum atomic E-state index is 0.418. The van der Waals surface area contributed by atoms with Gasteiger partial charge in [0.1, 0.15) is 5.82 Å². The molecule has 0 aliphatic heterocycles. The van der Waals surface area contributed by atoms with E-state index >= 15 is 0 Å². The maximum Gasteiger partial charge on any atom is 0.142 e. The quantitative estimate of drug-likeness (QED) is 0.608. The summed E-state index contributed by atoms with van der Waals surface area (Å²) in [5.41, 5.74) is 12.3. The van der Waals surface area contributed by atoms with Crippen LogP contribution in [0.2, 0.25) is 0 Å². The van der Waals surface area contributed by atoms with Crippen LogP contribution in [0.5, 0.6) is 0 Å². The van der Waals surface area contributed by atoms with Crippen LogP contribution in [0.1, 0.15) is 0 Å². The van der Waals surface area contributed by atoms with Gasteiger partial charge in [0.05, 0.1) is 33.3 Å². The Kier molecular flexibility index (Phi) is 3.05. The first-order valence-corrected chi connectivity index (χ1v) is 7.71. The molecular weight excluding hydrogens is 292 g/mol. The monoisotopic (exact) mass is 304 g/mol. The summed E-state index contributed by atoms with van der Waals surface area (Å²) < 4.78 is 1.13. The van der Waals surface area contributed by atoms with Gasteiger partial charge in [-0.15, -0.1) is 11.3 Å². The maximum atomic E-state index is 5.84. The summed E-state index contributed by atoms with van der Waals surface area (Å²) >= 11 is 1.62. The first-order chi connectivity index (χ1) is 10.8. The van der Waals surface area contributed by atoms with Crippen molar-refractivity contribution in [2.24, 2.45) is 0 Å². The third-order valence-corrected chi connectivity index (χ3v) is 4.23. The van der Waals surface area contributed by atoms with Gasteiger partial charge in [-0.1, -0.05) is 36.4 Å². The number of nitrogens with zero attached hydrogens (tertiary/aromatic N) is 3. The highest BCUT2D eigenvalue weighted by Crippen LogP contribution is 2.31. The Morgan fingerprint density at radius 3 is 2.59 bits per heavy atom. The van der Waals surface area contributed by atoms with E-state index in [9.17, 15) is 0 Å². The number of hydrogen-bond acceptors (Lipinski definition) is 5. The van der Waals surface area contributed by atoms with E-state index in [1.165, 1.54) is 0 Å². The van der Waals surface area contributed by atoms with Crippen LogP contribution >= 0.6 is 11.3 Å². The molecule has 4 rings (SSSR count). The molecule has 0 saturated carbocycles. The molecule has 4 nitrogen and oxygen atoms in total. The standard InChI is InChI=1S/C17H12N4S/c18-15-9-19-16(17(21-15)11-4-2-1-3-5-11)12-6-7-13-14(8-12)22-10-20-13/h1-10H,(H2,18,21). The van der Waals surface area contributed by atoms with Gasteiger partial charge in [-0.3, -0.25) is 4.98 Å². The van der Waals surface area contributed by atoms with Gasteiger partial charge in [0.2, 0.25) is 0 Å². The third-order valence-electron chi connectivity index (χ3n) is 3.44. The Morgan fingerprint density at radius 1 is 0.864 bits per heavy atom. The Bertz CT molecular complexity index is 947. The first-order valence-electron chi connectivity index (χ1n) is 6.83. The fourth-order valence-electron chi connectivity index (χ4n) is 2.41. The van der Waals surface area contributed by atoms with E-state index < -0.39 is 0 Å². The van der Waals surface area contributed by atoms with E-state index in [0.29, 0.717) is 5.82 Å². The second-order valence-corrected chi connectivity index (χ2v) is 5.78. The van der Waals surface area contributed by atoms with Crippen LogP contribution in [0.15, 0.2) is 60.2 Å². The van der Waals surface area contributed by atoms with Crippen molar-refractivity contribution in [3.8, 4) is 22.5 Å². The molecule has 0 amide bonds. The molecule has 0 unspecified atom stereocenters. The second-order valence-electron chi connectivity index (χ2n) is 4.89. The normalized spacial score (nSPS) is 10.9. The predicted octanol–water partition coefficient (Wildman–Crippen LogP) is 4.00. The Balaban J connectivity index is 1.94. The fraction of sp³-hybridized carbons (Fsp3) is 0. The van der Waals surface area contributed by atoms with Crippen molar-refractivity contribution in [2.45, 2.75) is 0 Å². The summed E-state index contributed by atoms with van der Waals surface area (Å²) in [5, 5.41) is 0. The highest BCUT2D eigenvalue weighted by molar-refractivity contribution is 7.16. The van der Waals surface area contributed by atoms with Crippen LogP contribution in [0.4, 0.5) is 5.82 Å². The average molecular weight is 304 g/mol. The van der Waals surface area contributed by atoms with E-state index in [2.05, 4.69) is 21.0 Å². The zero-order valence-electron chi connectivity index (χ0n) is 11.6. The lowest BCUT2D eigenvalue weighted by molar-refractivity contribution is 1.22. The molecule has 2 heterocycles. The minimum Gasteiger partial charge on any atom is -0.382 e. The number of benzene rings is 2. The molecule has 0 spiro atoms. The third kappa shape index (κ3) is 2.21. The van der Waals surface area contributed by atoms with Crippen molar-refractivity contribution < 1.29 is 0 Å². The van der Waals surface area contributed by atoms with Gasteiger partial charge in [0.25, 0.3) is 0 Å². The number of fused-ring (bicyclic) bond motifs is 1. The average Bonchev–Trinajstić information content (AvgIpc) is 3.03. The van der Waals surface area contributed by atoms with Crippen LogP contribution < -0.4 is 5.73 Å². The highest BCUT2D eigenvalue weighted by Gasteiger charge is 2.12. The number of aromatic nitrogens is 3. The molecule has 5 heteroatoms. The van der Waals surface area contributed by atoms with Crippen molar-refractivity contribution in [3.63, 3.8) is 0 Å². The second kappa shape index (κ2) is 5.20. The zero-order valence-corrected chi connectivity index (χ0v) is 12.4. The van der Waals surface area contributed by atoms with E-state index in [1.807, 2.05) is 48.0 Å². The number of rotatable bonds is 2. The molecule has 22 heavy (non-hydrogen) atoms. The van der Waals surface area contributed by atoms with Gasteiger partial charge in [-0.2, -0.15) is 0 Å². The van der Waals surface area contributed by atoms with Crippen LogP contribution in [0.25, 0.3) is 32.7 Å². The zero-order chi connectivity index (χ0) is 14.9. The molecule has 106 valence electrons. The van der Waals surface area contributed by atoms with Crippen molar-refractivity contribution in [1.82, 2.24) is 15.0 Å². The molecule has 0 fully saturated rings. The number of nitrogens with two attached hydrogens (primary N) is 1. The molecule has 0 atom stereocenters. The fourth-order valence-corrected chi connectivity index (χ4v) is 3.13. The molecule has 0 saturated heterocycles. The molecule has 0 aliphatic rings.